The lowest BCUT2D eigenvalue weighted by atomic mass is 10.2. The molecule has 0 bridgehead atoms. The van der Waals surface area contributed by atoms with Gasteiger partial charge < -0.3 is 24.7 Å². The van der Waals surface area contributed by atoms with Crippen LogP contribution in [0.5, 0.6) is 11.5 Å². The first kappa shape index (κ1) is 19.3. The van der Waals surface area contributed by atoms with Crippen LogP contribution in [0.25, 0.3) is 10.9 Å². The zero-order valence-electron chi connectivity index (χ0n) is 16.3. The van der Waals surface area contributed by atoms with E-state index in [2.05, 4.69) is 10.3 Å². The normalized spacial score (nSPS) is 10.6. The van der Waals surface area contributed by atoms with Gasteiger partial charge in [-0.1, -0.05) is 17.7 Å². The summed E-state index contributed by atoms with van der Waals surface area (Å²) in [6.45, 7) is 1.91. The van der Waals surface area contributed by atoms with E-state index in [4.69, 9.17) is 9.47 Å². The number of hydrogen-bond donors (Lipinski definition) is 2. The Labute approximate surface area is 163 Å². The van der Waals surface area contributed by atoms with Gasteiger partial charge in [0.1, 0.15) is 17.2 Å². The number of aromatic nitrogens is 1. The molecular weight excluding hydrogens is 358 g/mol. The Bertz CT molecular complexity index is 1010. The second-order valence-corrected chi connectivity index (χ2v) is 6.55. The first-order chi connectivity index (χ1) is 13.4. The number of aromatic amines is 1. The number of likely N-dealkylation sites (N-methyl/N-ethyl adjacent to an activating group) is 1. The standard InChI is InChI=1S/C21H23N3O4/c1-13-5-7-15(8-6-13)22-19(25)12-24(2)21(26)17-10-14-9-16(27-3)11-18(28-4)20(14)23-17/h5-11,23H,12H2,1-4H3,(H,22,25). The largest absolute Gasteiger partial charge is 0.497 e. The highest BCUT2D eigenvalue weighted by atomic mass is 16.5. The summed E-state index contributed by atoms with van der Waals surface area (Å²) in [5.41, 5.74) is 2.87. The fourth-order valence-electron chi connectivity index (χ4n) is 2.91. The monoisotopic (exact) mass is 381 g/mol. The molecule has 0 aliphatic rings. The van der Waals surface area contributed by atoms with Gasteiger partial charge >= 0.3 is 0 Å². The Balaban J connectivity index is 1.73. The van der Waals surface area contributed by atoms with Crippen molar-refractivity contribution in [3.63, 3.8) is 0 Å². The number of methoxy groups -OCH3 is 2. The fraction of sp³-hybridized carbons (Fsp3) is 0.238. The predicted octanol–water partition coefficient (Wildman–Crippen LogP) is 3.20. The number of ether oxygens (including phenoxy) is 2. The molecule has 0 aliphatic heterocycles. The SMILES string of the molecule is COc1cc(OC)c2[nH]c(C(=O)N(C)CC(=O)Nc3ccc(C)cc3)cc2c1. The molecule has 3 rings (SSSR count). The summed E-state index contributed by atoms with van der Waals surface area (Å²) < 4.78 is 10.6. The fourth-order valence-corrected chi connectivity index (χ4v) is 2.91. The van der Waals surface area contributed by atoms with E-state index in [9.17, 15) is 9.59 Å². The van der Waals surface area contributed by atoms with Crippen molar-refractivity contribution in [1.29, 1.82) is 0 Å². The molecule has 0 fully saturated rings. The molecule has 0 saturated carbocycles. The second kappa shape index (κ2) is 8.04. The van der Waals surface area contributed by atoms with Crippen molar-refractivity contribution in [2.24, 2.45) is 0 Å². The van der Waals surface area contributed by atoms with Crippen LogP contribution in [0.1, 0.15) is 16.1 Å². The molecule has 2 N–H and O–H groups in total. The molecule has 3 aromatic rings. The maximum Gasteiger partial charge on any atom is 0.270 e. The van der Waals surface area contributed by atoms with Crippen LogP contribution in [0.2, 0.25) is 0 Å². The van der Waals surface area contributed by atoms with Crippen molar-refractivity contribution in [3.8, 4) is 11.5 Å². The van der Waals surface area contributed by atoms with Gasteiger partial charge in [-0.15, -0.1) is 0 Å². The van der Waals surface area contributed by atoms with Crippen molar-refractivity contribution < 1.29 is 19.1 Å². The number of amides is 2. The number of H-pyrrole nitrogens is 1. The predicted molar refractivity (Wildman–Crippen MR) is 108 cm³/mol. The smallest absolute Gasteiger partial charge is 0.270 e. The number of rotatable bonds is 6. The van der Waals surface area contributed by atoms with Gasteiger partial charge in [0.2, 0.25) is 5.91 Å². The van der Waals surface area contributed by atoms with Crippen LogP contribution in [-0.4, -0.2) is 49.5 Å². The molecule has 0 unspecified atom stereocenters. The van der Waals surface area contributed by atoms with Gasteiger partial charge in [-0.2, -0.15) is 0 Å². The number of hydrogen-bond acceptors (Lipinski definition) is 4. The average Bonchev–Trinajstić information content (AvgIpc) is 3.12. The molecule has 1 heterocycles. The average molecular weight is 381 g/mol. The number of aryl methyl sites for hydroxylation is 1. The third kappa shape index (κ3) is 4.09. The van der Waals surface area contributed by atoms with Crippen LogP contribution >= 0.6 is 0 Å². The number of anilines is 1. The minimum absolute atomic E-state index is 0.0669. The van der Waals surface area contributed by atoms with Crippen LogP contribution < -0.4 is 14.8 Å². The zero-order valence-corrected chi connectivity index (χ0v) is 16.3. The maximum absolute atomic E-state index is 12.7. The van der Waals surface area contributed by atoms with Crippen LogP contribution in [0.4, 0.5) is 5.69 Å². The third-order valence-electron chi connectivity index (χ3n) is 4.41. The van der Waals surface area contributed by atoms with Gasteiger partial charge in [0.15, 0.2) is 0 Å². The lowest BCUT2D eigenvalue weighted by molar-refractivity contribution is -0.116. The van der Waals surface area contributed by atoms with Crippen molar-refractivity contribution in [2.75, 3.05) is 33.1 Å². The zero-order chi connectivity index (χ0) is 20.3. The van der Waals surface area contributed by atoms with Crippen molar-refractivity contribution in [2.45, 2.75) is 6.92 Å². The van der Waals surface area contributed by atoms with Crippen molar-refractivity contribution in [3.05, 3.63) is 53.7 Å². The van der Waals surface area contributed by atoms with Gasteiger partial charge in [0, 0.05) is 24.2 Å². The van der Waals surface area contributed by atoms with E-state index in [-0.39, 0.29) is 18.4 Å². The summed E-state index contributed by atoms with van der Waals surface area (Å²) in [5.74, 6) is 0.646. The van der Waals surface area contributed by atoms with Gasteiger partial charge in [0.05, 0.1) is 26.3 Å². The van der Waals surface area contributed by atoms with Crippen molar-refractivity contribution in [1.82, 2.24) is 9.88 Å². The lowest BCUT2D eigenvalue weighted by Gasteiger charge is -2.16. The summed E-state index contributed by atoms with van der Waals surface area (Å²) >= 11 is 0. The topological polar surface area (TPSA) is 83.7 Å². The molecule has 0 aliphatic carbocycles. The summed E-state index contributed by atoms with van der Waals surface area (Å²) in [4.78, 5) is 29.4. The van der Waals surface area contributed by atoms with Gasteiger partial charge in [0.25, 0.3) is 5.91 Å². The Morgan fingerprint density at radius 2 is 1.79 bits per heavy atom. The molecule has 1 aromatic heterocycles. The minimum Gasteiger partial charge on any atom is -0.497 e. The number of carbonyl (C=O) groups excluding carboxylic acids is 2. The molecule has 28 heavy (non-hydrogen) atoms. The minimum atomic E-state index is -0.295. The van der Waals surface area contributed by atoms with Crippen molar-refractivity contribution >= 4 is 28.4 Å². The summed E-state index contributed by atoms with van der Waals surface area (Å²) in [7, 11) is 4.71. The number of nitrogens with one attached hydrogen (secondary N) is 2. The Kier molecular flexibility index (Phi) is 5.54. The quantitative estimate of drug-likeness (QED) is 0.687. The highest BCUT2D eigenvalue weighted by molar-refractivity contribution is 6.02. The van der Waals surface area contributed by atoms with E-state index < -0.39 is 0 Å². The molecule has 2 amide bonds. The Morgan fingerprint density at radius 1 is 1.07 bits per heavy atom. The van der Waals surface area contributed by atoms with E-state index >= 15 is 0 Å². The molecule has 7 heteroatoms. The van der Waals surface area contributed by atoms with Gasteiger partial charge in [-0.05, 0) is 31.2 Å². The number of nitrogens with zero attached hydrogens (tertiary/aromatic N) is 1. The van der Waals surface area contributed by atoms with Gasteiger partial charge in [-0.3, -0.25) is 9.59 Å². The first-order valence-corrected chi connectivity index (χ1v) is 8.78. The number of carbonyl (C=O) groups is 2. The van der Waals surface area contributed by atoms with E-state index in [1.54, 1.807) is 33.4 Å². The van der Waals surface area contributed by atoms with Crippen LogP contribution in [-0.2, 0) is 4.79 Å². The lowest BCUT2D eigenvalue weighted by Crippen LogP contribution is -2.35. The molecule has 0 spiro atoms. The molecule has 146 valence electrons. The third-order valence-corrected chi connectivity index (χ3v) is 4.41. The molecule has 0 saturated heterocycles. The molecule has 2 aromatic carbocycles. The summed E-state index contributed by atoms with van der Waals surface area (Å²) in [6, 6.07) is 12.8. The Hall–Kier alpha value is -3.48. The first-order valence-electron chi connectivity index (χ1n) is 8.78. The molecule has 0 radical (unpaired) electrons. The summed E-state index contributed by atoms with van der Waals surface area (Å²) in [5, 5.41) is 3.58. The number of benzene rings is 2. The summed E-state index contributed by atoms with van der Waals surface area (Å²) in [6.07, 6.45) is 0. The van der Waals surface area contributed by atoms with E-state index in [1.165, 1.54) is 4.90 Å². The van der Waals surface area contributed by atoms with Crippen LogP contribution in [0.15, 0.2) is 42.5 Å². The Morgan fingerprint density at radius 3 is 2.43 bits per heavy atom. The molecule has 0 atom stereocenters. The number of fused-ring (bicyclic) bond motifs is 1. The molecular formula is C21H23N3O4. The molecule has 7 nitrogen and oxygen atoms in total. The highest BCUT2D eigenvalue weighted by Crippen LogP contribution is 2.31. The van der Waals surface area contributed by atoms with E-state index in [0.717, 1.165) is 10.9 Å². The van der Waals surface area contributed by atoms with Gasteiger partial charge in [-0.25, -0.2) is 0 Å². The van der Waals surface area contributed by atoms with E-state index in [1.807, 2.05) is 37.3 Å². The van der Waals surface area contributed by atoms with Crippen LogP contribution in [0.3, 0.4) is 0 Å². The highest BCUT2D eigenvalue weighted by Gasteiger charge is 2.19. The second-order valence-electron chi connectivity index (χ2n) is 6.55. The van der Waals surface area contributed by atoms with Crippen LogP contribution in [0, 0.1) is 6.92 Å². The maximum atomic E-state index is 12.7. The van der Waals surface area contributed by atoms with E-state index in [0.29, 0.717) is 28.4 Å².